The number of fused-ring (bicyclic) bond motifs is 3. The molecule has 8 rings (SSSR count). The van der Waals surface area contributed by atoms with Crippen molar-refractivity contribution in [3.63, 3.8) is 0 Å². The first kappa shape index (κ1) is 39.9. The van der Waals surface area contributed by atoms with E-state index in [2.05, 4.69) is 38.8 Å². The van der Waals surface area contributed by atoms with Crippen molar-refractivity contribution in [1.82, 2.24) is 40.4 Å². The minimum Gasteiger partial charge on any atom is -0.457 e. The highest BCUT2D eigenvalue weighted by Gasteiger charge is 2.43. The number of ether oxygens (including phenoxy) is 3. The summed E-state index contributed by atoms with van der Waals surface area (Å²) < 4.78 is 16.2. The van der Waals surface area contributed by atoms with Gasteiger partial charge in [0, 0.05) is 35.2 Å². The normalized spacial score (nSPS) is 20.5. The van der Waals surface area contributed by atoms with Gasteiger partial charge in [-0.2, -0.15) is 0 Å². The molecule has 1 spiro atoms. The number of aromatic amines is 2. The lowest BCUT2D eigenvalue weighted by Gasteiger charge is -2.44. The fourth-order valence-corrected chi connectivity index (χ4v) is 9.14. The van der Waals surface area contributed by atoms with Gasteiger partial charge < -0.3 is 44.6 Å². The van der Waals surface area contributed by atoms with E-state index in [-0.39, 0.29) is 41.1 Å². The van der Waals surface area contributed by atoms with Crippen molar-refractivity contribution in [1.29, 1.82) is 0 Å². The van der Waals surface area contributed by atoms with Crippen LogP contribution in [0.1, 0.15) is 108 Å². The SMILES string of the molecule is COC(=O)N[C@H](C(=O)N1CCC[C@H]1c1ncc(-c2ccc3c(c2)C2(C=C(c4ccc5nc([C@@H]6CCCN6C(=O)[C@@H](NC(=O)OC)C(C)C)[nH]c5c4)O3)CCC2)[nH]1)C(C)C. The van der Waals surface area contributed by atoms with Crippen LogP contribution in [0.4, 0.5) is 9.59 Å². The first-order valence-electron chi connectivity index (χ1n) is 20.8. The van der Waals surface area contributed by atoms with Crippen LogP contribution in [0.5, 0.6) is 5.75 Å². The van der Waals surface area contributed by atoms with Crippen molar-refractivity contribution in [3.05, 3.63) is 71.4 Å². The number of benzene rings is 2. The number of hydrogen-bond acceptors (Lipinski definition) is 9. The van der Waals surface area contributed by atoms with E-state index in [0.29, 0.717) is 13.1 Å². The molecule has 4 atom stereocenters. The topological polar surface area (TPSA) is 184 Å². The van der Waals surface area contributed by atoms with E-state index in [1.807, 2.05) is 68.0 Å². The molecule has 59 heavy (non-hydrogen) atoms. The molecule has 15 nitrogen and oxygen atoms in total. The number of methoxy groups -OCH3 is 2. The third kappa shape index (κ3) is 7.51. The second kappa shape index (κ2) is 16.1. The highest BCUT2D eigenvalue weighted by molar-refractivity contribution is 5.88. The van der Waals surface area contributed by atoms with E-state index in [9.17, 15) is 19.2 Å². The third-order valence-electron chi connectivity index (χ3n) is 12.6. The Morgan fingerprint density at radius 2 is 1.41 bits per heavy atom. The Labute approximate surface area is 343 Å². The summed E-state index contributed by atoms with van der Waals surface area (Å²) in [5, 5.41) is 5.43. The van der Waals surface area contributed by atoms with Gasteiger partial charge in [0.15, 0.2) is 0 Å². The number of rotatable bonds is 10. The number of alkyl carbamates (subject to hydrolysis) is 2. The van der Waals surface area contributed by atoms with Gasteiger partial charge in [-0.1, -0.05) is 34.1 Å². The van der Waals surface area contributed by atoms with Gasteiger partial charge in [-0.05, 0) is 92.8 Å². The molecule has 5 heterocycles. The third-order valence-corrected chi connectivity index (χ3v) is 12.6. The number of aromatic nitrogens is 4. The second-order valence-corrected chi connectivity index (χ2v) is 17.0. The van der Waals surface area contributed by atoms with Gasteiger partial charge in [0.2, 0.25) is 11.8 Å². The zero-order valence-electron chi connectivity index (χ0n) is 34.6. The van der Waals surface area contributed by atoms with Crippen molar-refractivity contribution in [2.45, 2.75) is 102 Å². The summed E-state index contributed by atoms with van der Waals surface area (Å²) in [6, 6.07) is 10.5. The van der Waals surface area contributed by atoms with E-state index >= 15 is 0 Å². The molecular weight excluding hydrogens is 753 g/mol. The Bertz CT molecular complexity index is 2290. The highest BCUT2D eigenvalue weighted by atomic mass is 16.5. The number of allylic oxidation sites excluding steroid dienone is 1. The number of carbonyl (C=O) groups is 4. The molecule has 0 radical (unpaired) electrons. The lowest BCUT2D eigenvalue weighted by atomic mass is 9.63. The first-order chi connectivity index (χ1) is 28.4. The Kier molecular flexibility index (Phi) is 10.9. The van der Waals surface area contributed by atoms with Crippen LogP contribution in [-0.2, 0) is 24.5 Å². The molecule has 3 fully saturated rings. The predicted octanol–water partition coefficient (Wildman–Crippen LogP) is 6.90. The van der Waals surface area contributed by atoms with Crippen LogP contribution in [0, 0.1) is 11.8 Å². The largest absolute Gasteiger partial charge is 0.457 e. The lowest BCUT2D eigenvalue weighted by molar-refractivity contribution is -0.136. The van der Waals surface area contributed by atoms with E-state index in [1.54, 1.807) is 0 Å². The molecule has 4 amide bonds. The Hall–Kier alpha value is -5.86. The summed E-state index contributed by atoms with van der Waals surface area (Å²) in [6.45, 7) is 8.79. The number of nitrogens with zero attached hydrogens (tertiary/aromatic N) is 4. The van der Waals surface area contributed by atoms with Gasteiger partial charge in [-0.3, -0.25) is 9.59 Å². The molecule has 1 aliphatic carbocycles. The van der Waals surface area contributed by atoms with Crippen molar-refractivity contribution in [2.75, 3.05) is 27.3 Å². The molecule has 0 bridgehead atoms. The molecule has 2 saturated heterocycles. The monoisotopic (exact) mass is 806 g/mol. The summed E-state index contributed by atoms with van der Waals surface area (Å²) in [7, 11) is 2.59. The number of H-pyrrole nitrogens is 2. The number of amides is 4. The van der Waals surface area contributed by atoms with Gasteiger partial charge in [0.25, 0.3) is 0 Å². The maximum absolute atomic E-state index is 13.7. The van der Waals surface area contributed by atoms with Crippen molar-refractivity contribution < 1.29 is 33.4 Å². The van der Waals surface area contributed by atoms with Gasteiger partial charge in [-0.25, -0.2) is 19.6 Å². The van der Waals surface area contributed by atoms with Crippen LogP contribution in [-0.4, -0.2) is 93.1 Å². The van der Waals surface area contributed by atoms with Crippen molar-refractivity contribution >= 4 is 40.8 Å². The van der Waals surface area contributed by atoms with Crippen molar-refractivity contribution in [2.24, 2.45) is 11.8 Å². The Morgan fingerprint density at radius 1 is 0.797 bits per heavy atom. The van der Waals surface area contributed by atoms with Crippen LogP contribution >= 0.6 is 0 Å². The zero-order valence-corrected chi connectivity index (χ0v) is 34.6. The number of imidazole rings is 2. The number of likely N-dealkylation sites (tertiary alicyclic amines) is 2. The minimum absolute atomic E-state index is 0.114. The Balaban J connectivity index is 1.01. The lowest BCUT2D eigenvalue weighted by Crippen LogP contribution is -2.51. The van der Waals surface area contributed by atoms with E-state index < -0.39 is 24.3 Å². The molecule has 0 unspecified atom stereocenters. The molecule has 1 saturated carbocycles. The summed E-state index contributed by atoms with van der Waals surface area (Å²) in [4.78, 5) is 71.9. The summed E-state index contributed by atoms with van der Waals surface area (Å²) >= 11 is 0. The van der Waals surface area contributed by atoms with Gasteiger partial charge >= 0.3 is 12.2 Å². The molecule has 4 aliphatic rings. The fraction of sp³-hybridized carbons (Fsp3) is 0.500. The van der Waals surface area contributed by atoms with Gasteiger partial charge in [0.05, 0.1) is 49.2 Å². The highest BCUT2D eigenvalue weighted by Crippen LogP contribution is 2.53. The fourth-order valence-electron chi connectivity index (χ4n) is 9.14. The number of carbonyl (C=O) groups excluding carboxylic acids is 4. The molecule has 15 heteroatoms. The maximum atomic E-state index is 13.7. The van der Waals surface area contributed by atoms with Crippen molar-refractivity contribution in [3.8, 4) is 17.0 Å². The molecule has 4 aromatic rings. The van der Waals surface area contributed by atoms with Crippen LogP contribution in [0.25, 0.3) is 28.0 Å². The van der Waals surface area contributed by atoms with E-state index in [0.717, 1.165) is 102 Å². The summed E-state index contributed by atoms with van der Waals surface area (Å²) in [6.07, 6.45) is 9.19. The van der Waals surface area contributed by atoms with Gasteiger partial charge in [0.1, 0.15) is 35.2 Å². The molecule has 2 aromatic carbocycles. The average molecular weight is 807 g/mol. The summed E-state index contributed by atoms with van der Waals surface area (Å²) in [5.41, 5.74) is 5.42. The first-order valence-corrected chi connectivity index (χ1v) is 20.8. The van der Waals surface area contributed by atoms with Crippen LogP contribution in [0.15, 0.2) is 48.7 Å². The molecule has 4 N–H and O–H groups in total. The van der Waals surface area contributed by atoms with Gasteiger partial charge in [-0.15, -0.1) is 0 Å². The quantitative estimate of drug-likeness (QED) is 0.133. The Morgan fingerprint density at radius 3 is 1.98 bits per heavy atom. The minimum atomic E-state index is -0.703. The van der Waals surface area contributed by atoms with Crippen LogP contribution in [0.2, 0.25) is 0 Å². The van der Waals surface area contributed by atoms with Crippen LogP contribution in [0.3, 0.4) is 0 Å². The smallest absolute Gasteiger partial charge is 0.407 e. The molecule has 312 valence electrons. The average Bonchev–Trinajstić information content (AvgIpc) is 4.05. The number of nitrogens with one attached hydrogen (secondary N) is 4. The summed E-state index contributed by atoms with van der Waals surface area (Å²) in [5.74, 6) is 2.55. The standard InChI is InChI=1S/C44H54N8O7/c1-24(2)36(49-42(55)57-5)40(53)51-18-7-10-32(51)38-45-23-31(48-38)26-13-15-34-28(20-26)44(16-9-17-44)22-35(59-34)27-12-14-29-30(21-27)47-39(46-29)33-11-8-19-52(33)41(54)37(25(3)4)50-43(56)58-6/h12-15,20-25,32-33,36-37H,7-11,16-19H2,1-6H3,(H,45,48)(H,46,47)(H,49,55)(H,50,56)/t32-,33-,36-,37-/m0/s1. The van der Waals surface area contributed by atoms with Crippen LogP contribution < -0.4 is 15.4 Å². The second-order valence-electron chi connectivity index (χ2n) is 17.0. The molecular formula is C44H54N8O7. The predicted molar refractivity (Wildman–Crippen MR) is 220 cm³/mol. The molecule has 2 aromatic heterocycles. The zero-order chi connectivity index (χ0) is 41.6. The van der Waals surface area contributed by atoms with E-state index in [1.165, 1.54) is 14.2 Å². The van der Waals surface area contributed by atoms with E-state index in [4.69, 9.17) is 24.2 Å². The maximum Gasteiger partial charge on any atom is 0.407 e. The molecule has 3 aliphatic heterocycles. The number of hydrogen-bond donors (Lipinski definition) is 4.